The molecule has 0 saturated carbocycles. The number of fused-ring (bicyclic) bond motifs is 1. The van der Waals surface area contributed by atoms with Crippen LogP contribution in [-0.2, 0) is 4.79 Å². The predicted octanol–water partition coefficient (Wildman–Crippen LogP) is 4.78. The summed E-state index contributed by atoms with van der Waals surface area (Å²) in [6, 6.07) is 13.6. The number of hydrogen-bond acceptors (Lipinski definition) is 7. The molecule has 1 N–H and O–H groups in total. The number of anilines is 1. The highest BCUT2D eigenvalue weighted by Crippen LogP contribution is 2.30. The molecule has 0 spiro atoms. The van der Waals surface area contributed by atoms with E-state index in [1.807, 2.05) is 41.8 Å². The molecule has 1 aromatic carbocycles. The maximum Gasteiger partial charge on any atom is 0.226 e. The molecule has 0 aliphatic rings. The average Bonchev–Trinajstić information content (AvgIpc) is 3.33. The standard InChI is InChI=1S/C19H16N4O2S2/c1-12-11-16(23-25-12)21-17(24)8-10-27-19-13-5-2-3-6-14(13)20-18(22-19)15-7-4-9-26-15/h2-7,9,11H,8,10H2,1H3,(H,21,23,24). The fourth-order valence-electron chi connectivity index (χ4n) is 2.54. The third kappa shape index (κ3) is 4.17. The average molecular weight is 396 g/mol. The van der Waals surface area contributed by atoms with Gasteiger partial charge in [0, 0.05) is 23.6 Å². The Kier molecular flexibility index (Phi) is 5.17. The number of thioether (sulfide) groups is 1. The van der Waals surface area contributed by atoms with Gasteiger partial charge in [-0.1, -0.05) is 29.4 Å². The highest BCUT2D eigenvalue weighted by molar-refractivity contribution is 7.99. The van der Waals surface area contributed by atoms with E-state index < -0.39 is 0 Å². The van der Waals surface area contributed by atoms with E-state index in [4.69, 9.17) is 9.51 Å². The van der Waals surface area contributed by atoms with Crippen molar-refractivity contribution in [2.75, 3.05) is 11.1 Å². The molecule has 8 heteroatoms. The summed E-state index contributed by atoms with van der Waals surface area (Å²) in [7, 11) is 0. The van der Waals surface area contributed by atoms with Crippen LogP contribution in [0.3, 0.4) is 0 Å². The van der Waals surface area contributed by atoms with Crippen molar-refractivity contribution in [2.24, 2.45) is 0 Å². The molecule has 0 aliphatic carbocycles. The van der Waals surface area contributed by atoms with Crippen molar-refractivity contribution >= 4 is 45.7 Å². The number of thiophene rings is 1. The van der Waals surface area contributed by atoms with Gasteiger partial charge in [0.05, 0.1) is 10.4 Å². The third-order valence-electron chi connectivity index (χ3n) is 3.77. The Morgan fingerprint density at radius 1 is 1.22 bits per heavy atom. The number of benzene rings is 1. The molecule has 0 atom stereocenters. The van der Waals surface area contributed by atoms with E-state index in [0.717, 1.165) is 20.8 Å². The van der Waals surface area contributed by atoms with Gasteiger partial charge in [0.2, 0.25) is 5.91 Å². The van der Waals surface area contributed by atoms with Gasteiger partial charge in [0.1, 0.15) is 10.8 Å². The van der Waals surface area contributed by atoms with Crippen LogP contribution in [0, 0.1) is 6.92 Å². The fourth-order valence-corrected chi connectivity index (χ4v) is 4.16. The number of hydrogen-bond donors (Lipinski definition) is 1. The highest BCUT2D eigenvalue weighted by Gasteiger charge is 2.12. The van der Waals surface area contributed by atoms with Gasteiger partial charge in [0.15, 0.2) is 11.6 Å². The van der Waals surface area contributed by atoms with Crippen molar-refractivity contribution in [3.05, 3.63) is 53.6 Å². The first kappa shape index (κ1) is 17.7. The molecule has 0 unspecified atom stereocenters. The van der Waals surface area contributed by atoms with Crippen LogP contribution in [0.4, 0.5) is 5.82 Å². The van der Waals surface area contributed by atoms with Gasteiger partial charge >= 0.3 is 0 Å². The second-order valence-electron chi connectivity index (χ2n) is 5.82. The van der Waals surface area contributed by atoms with Crippen molar-refractivity contribution < 1.29 is 9.32 Å². The molecule has 6 nitrogen and oxygen atoms in total. The molecule has 4 aromatic rings. The van der Waals surface area contributed by atoms with Crippen LogP contribution >= 0.6 is 23.1 Å². The maximum atomic E-state index is 12.1. The lowest BCUT2D eigenvalue weighted by molar-refractivity contribution is -0.115. The molecule has 136 valence electrons. The largest absolute Gasteiger partial charge is 0.360 e. The Balaban J connectivity index is 1.48. The summed E-state index contributed by atoms with van der Waals surface area (Å²) in [5.74, 6) is 2.32. The molecule has 27 heavy (non-hydrogen) atoms. The number of aromatic nitrogens is 3. The molecule has 1 amide bonds. The smallest absolute Gasteiger partial charge is 0.226 e. The van der Waals surface area contributed by atoms with Gasteiger partial charge < -0.3 is 9.84 Å². The van der Waals surface area contributed by atoms with Crippen molar-refractivity contribution in [1.82, 2.24) is 15.1 Å². The first-order valence-electron chi connectivity index (χ1n) is 8.36. The first-order chi connectivity index (χ1) is 13.2. The number of para-hydroxylation sites is 1. The lowest BCUT2D eigenvalue weighted by atomic mass is 10.2. The monoisotopic (exact) mass is 396 g/mol. The summed E-state index contributed by atoms with van der Waals surface area (Å²) >= 11 is 3.17. The van der Waals surface area contributed by atoms with Crippen LogP contribution in [0.25, 0.3) is 21.6 Å². The Labute approximate surface area is 164 Å². The molecule has 4 rings (SSSR count). The maximum absolute atomic E-state index is 12.1. The molecule has 0 bridgehead atoms. The van der Waals surface area contributed by atoms with E-state index in [2.05, 4.69) is 15.5 Å². The van der Waals surface area contributed by atoms with E-state index in [0.29, 0.717) is 29.6 Å². The molecule has 0 radical (unpaired) electrons. The van der Waals surface area contributed by atoms with E-state index >= 15 is 0 Å². The zero-order chi connectivity index (χ0) is 18.6. The highest BCUT2D eigenvalue weighted by atomic mass is 32.2. The van der Waals surface area contributed by atoms with Gasteiger partial charge in [-0.3, -0.25) is 4.79 Å². The Morgan fingerprint density at radius 2 is 2.11 bits per heavy atom. The second kappa shape index (κ2) is 7.89. The number of aryl methyl sites for hydroxylation is 1. The quantitative estimate of drug-likeness (QED) is 0.373. The van der Waals surface area contributed by atoms with Crippen molar-refractivity contribution in [2.45, 2.75) is 18.4 Å². The number of rotatable bonds is 6. The predicted molar refractivity (Wildman–Crippen MR) is 108 cm³/mol. The normalized spacial score (nSPS) is 11.0. The van der Waals surface area contributed by atoms with E-state index in [9.17, 15) is 4.79 Å². The van der Waals surface area contributed by atoms with Gasteiger partial charge in [-0.15, -0.1) is 23.1 Å². The van der Waals surface area contributed by atoms with E-state index in [1.165, 1.54) is 0 Å². The third-order valence-corrected chi connectivity index (χ3v) is 5.63. The summed E-state index contributed by atoms with van der Waals surface area (Å²) < 4.78 is 4.95. The number of nitrogens with zero attached hydrogens (tertiary/aromatic N) is 3. The number of amides is 1. The molecule has 3 heterocycles. The van der Waals surface area contributed by atoms with Crippen LogP contribution in [0.5, 0.6) is 0 Å². The molecule has 0 aliphatic heterocycles. The first-order valence-corrected chi connectivity index (χ1v) is 10.2. The summed E-state index contributed by atoms with van der Waals surface area (Å²) in [6.07, 6.45) is 0.350. The van der Waals surface area contributed by atoms with Gasteiger partial charge in [-0.05, 0) is 24.4 Å². The Morgan fingerprint density at radius 3 is 2.89 bits per heavy atom. The summed E-state index contributed by atoms with van der Waals surface area (Å²) in [4.78, 5) is 22.5. The van der Waals surface area contributed by atoms with Crippen LogP contribution in [0.15, 0.2) is 57.4 Å². The van der Waals surface area contributed by atoms with Crippen molar-refractivity contribution in [3.63, 3.8) is 0 Å². The summed E-state index contributed by atoms with van der Waals surface area (Å²) in [5, 5.41) is 10.4. The molecule has 0 fully saturated rings. The minimum Gasteiger partial charge on any atom is -0.360 e. The number of carbonyl (C=O) groups excluding carboxylic acids is 1. The molecule has 0 saturated heterocycles. The lowest BCUT2D eigenvalue weighted by Gasteiger charge is -2.07. The van der Waals surface area contributed by atoms with Gasteiger partial charge in [-0.2, -0.15) is 0 Å². The molecular formula is C19H16N4O2S2. The lowest BCUT2D eigenvalue weighted by Crippen LogP contribution is -2.12. The Bertz CT molecular complexity index is 1080. The van der Waals surface area contributed by atoms with Crippen LogP contribution in [0.2, 0.25) is 0 Å². The summed E-state index contributed by atoms with van der Waals surface area (Å²) in [5.41, 5.74) is 0.904. The van der Waals surface area contributed by atoms with Crippen LogP contribution in [0.1, 0.15) is 12.2 Å². The number of nitrogens with one attached hydrogen (secondary N) is 1. The minimum absolute atomic E-state index is 0.104. The molecule has 3 aromatic heterocycles. The minimum atomic E-state index is -0.104. The van der Waals surface area contributed by atoms with E-state index in [1.54, 1.807) is 36.1 Å². The SMILES string of the molecule is Cc1cc(NC(=O)CCSc2nc(-c3cccs3)nc3ccccc23)no1. The van der Waals surface area contributed by atoms with Crippen LogP contribution in [-0.4, -0.2) is 26.8 Å². The topological polar surface area (TPSA) is 80.9 Å². The summed E-state index contributed by atoms with van der Waals surface area (Å²) in [6.45, 7) is 1.78. The zero-order valence-corrected chi connectivity index (χ0v) is 16.1. The van der Waals surface area contributed by atoms with Crippen molar-refractivity contribution in [3.8, 4) is 10.7 Å². The Hall–Kier alpha value is -2.71. The second-order valence-corrected chi connectivity index (χ2v) is 7.85. The van der Waals surface area contributed by atoms with Crippen LogP contribution < -0.4 is 5.32 Å². The number of carbonyl (C=O) groups is 1. The van der Waals surface area contributed by atoms with E-state index in [-0.39, 0.29) is 5.91 Å². The van der Waals surface area contributed by atoms with Gasteiger partial charge in [-0.25, -0.2) is 9.97 Å². The zero-order valence-electron chi connectivity index (χ0n) is 14.5. The fraction of sp³-hybridized carbons (Fsp3) is 0.158. The molecular weight excluding hydrogens is 380 g/mol. The van der Waals surface area contributed by atoms with Crippen molar-refractivity contribution in [1.29, 1.82) is 0 Å². The van der Waals surface area contributed by atoms with Gasteiger partial charge in [0.25, 0.3) is 0 Å².